The molecule has 8 N–H and O–H groups in total. The zero-order valence-electron chi connectivity index (χ0n) is 47.9. The van der Waals surface area contributed by atoms with E-state index in [1.165, 1.54) is 244 Å². The van der Waals surface area contributed by atoms with Crippen LogP contribution in [0.2, 0.25) is 0 Å². The van der Waals surface area contributed by atoms with Gasteiger partial charge in [-0.05, 0) is 12.8 Å². The first-order valence-electron chi connectivity index (χ1n) is 31.9. The molecule has 0 radical (unpaired) electrons. The molecule has 1 rings (SSSR count). The van der Waals surface area contributed by atoms with Crippen LogP contribution in [0.15, 0.2) is 0 Å². The van der Waals surface area contributed by atoms with E-state index < -0.39 is 74.2 Å². The number of amides is 1. The minimum Gasteiger partial charge on any atom is -0.394 e. The molecule has 0 bridgehead atoms. The SMILES string of the molecule is CCCCCCCCCCCCCCCCCCCCCCCCCCCCCCCCCCCCC(O)C(=O)NC(COC1OC(CO)C(O)C(O)C1O)C(O)C(O)CCCCCCCCCCCCCC. The zero-order chi connectivity index (χ0) is 53.3. The fourth-order valence-corrected chi connectivity index (χ4v) is 10.7. The van der Waals surface area contributed by atoms with Gasteiger partial charge in [0.25, 0.3) is 0 Å². The molecule has 73 heavy (non-hydrogen) atoms. The van der Waals surface area contributed by atoms with Crippen molar-refractivity contribution in [2.24, 2.45) is 0 Å². The van der Waals surface area contributed by atoms with Gasteiger partial charge in [0.05, 0.1) is 25.4 Å². The summed E-state index contributed by atoms with van der Waals surface area (Å²) < 4.78 is 11.1. The van der Waals surface area contributed by atoms with Crippen molar-refractivity contribution >= 4 is 5.91 Å². The van der Waals surface area contributed by atoms with Gasteiger partial charge in [0.2, 0.25) is 5.91 Å². The van der Waals surface area contributed by atoms with E-state index >= 15 is 0 Å². The predicted octanol–water partition coefficient (Wildman–Crippen LogP) is 14.1. The van der Waals surface area contributed by atoms with Gasteiger partial charge in [-0.3, -0.25) is 4.79 Å². The first kappa shape index (κ1) is 70.1. The number of unbranched alkanes of at least 4 members (excludes halogenated alkanes) is 44. The minimum atomic E-state index is -1.66. The number of hydrogen-bond donors (Lipinski definition) is 8. The second kappa shape index (κ2) is 51.8. The van der Waals surface area contributed by atoms with Gasteiger partial charge in [-0.2, -0.15) is 0 Å². The van der Waals surface area contributed by atoms with Crippen LogP contribution in [0.5, 0.6) is 0 Å². The van der Waals surface area contributed by atoms with Gasteiger partial charge in [-0.15, -0.1) is 0 Å². The van der Waals surface area contributed by atoms with Crippen molar-refractivity contribution in [3.63, 3.8) is 0 Å². The molecule has 0 saturated carbocycles. The van der Waals surface area contributed by atoms with E-state index in [1.54, 1.807) is 0 Å². The average Bonchev–Trinajstić information content (AvgIpc) is 3.39. The van der Waals surface area contributed by atoms with Gasteiger partial charge in [0.1, 0.15) is 36.6 Å². The lowest BCUT2D eigenvalue weighted by Crippen LogP contribution is -2.60. The number of nitrogens with one attached hydrogen (secondary N) is 1. The maximum absolute atomic E-state index is 13.2. The summed E-state index contributed by atoms with van der Waals surface area (Å²) in [4.78, 5) is 13.2. The summed E-state index contributed by atoms with van der Waals surface area (Å²) in [5.41, 5.74) is 0. The van der Waals surface area contributed by atoms with E-state index in [4.69, 9.17) is 9.47 Å². The standard InChI is InChI=1S/C62H123NO10/c1-3-5-7-9-11-13-15-17-18-19-20-21-22-23-24-25-26-27-28-29-30-31-32-33-34-35-36-37-38-40-42-44-46-48-50-55(66)61(71)63-53(52-72-62-60(70)59(69)58(68)56(51-64)73-62)57(67)54(65)49-47-45-43-41-39-16-14-12-10-8-6-4-2/h53-60,62,64-70H,3-52H2,1-2H3,(H,63,71). The minimum absolute atomic E-state index is 0.267. The highest BCUT2D eigenvalue weighted by Crippen LogP contribution is 2.24. The molecule has 1 saturated heterocycles. The molecule has 436 valence electrons. The van der Waals surface area contributed by atoms with Crippen LogP contribution >= 0.6 is 0 Å². The highest BCUT2D eigenvalue weighted by molar-refractivity contribution is 5.80. The molecular formula is C62H123NO10. The van der Waals surface area contributed by atoms with E-state index in [0.717, 1.165) is 38.5 Å². The molecule has 0 aromatic rings. The van der Waals surface area contributed by atoms with Gasteiger partial charge in [-0.1, -0.05) is 309 Å². The fraction of sp³-hybridized carbons (Fsp3) is 0.984. The Balaban J connectivity index is 2.12. The third-order valence-corrected chi connectivity index (χ3v) is 15.9. The third-order valence-electron chi connectivity index (χ3n) is 15.9. The monoisotopic (exact) mass is 1040 g/mol. The quantitative estimate of drug-likeness (QED) is 0.0272. The third kappa shape index (κ3) is 40.0. The lowest BCUT2D eigenvalue weighted by atomic mass is 9.98. The Hall–Kier alpha value is -0.890. The van der Waals surface area contributed by atoms with Crippen LogP contribution in [-0.4, -0.2) is 110 Å². The van der Waals surface area contributed by atoms with Crippen molar-refractivity contribution in [3.8, 4) is 0 Å². The van der Waals surface area contributed by atoms with Crippen LogP contribution in [0.1, 0.15) is 322 Å². The summed E-state index contributed by atoms with van der Waals surface area (Å²) >= 11 is 0. The van der Waals surface area contributed by atoms with Crippen molar-refractivity contribution in [3.05, 3.63) is 0 Å². The average molecular weight is 1040 g/mol. The van der Waals surface area contributed by atoms with E-state index in [9.17, 15) is 40.5 Å². The molecule has 1 aliphatic heterocycles. The van der Waals surface area contributed by atoms with Crippen LogP contribution < -0.4 is 5.32 Å². The van der Waals surface area contributed by atoms with Gasteiger partial charge in [-0.25, -0.2) is 0 Å². The highest BCUT2D eigenvalue weighted by Gasteiger charge is 2.44. The number of ether oxygens (including phenoxy) is 2. The highest BCUT2D eigenvalue weighted by atomic mass is 16.7. The lowest BCUT2D eigenvalue weighted by Gasteiger charge is -2.40. The van der Waals surface area contributed by atoms with Crippen molar-refractivity contribution in [1.29, 1.82) is 0 Å². The van der Waals surface area contributed by atoms with Crippen LogP contribution in [0.4, 0.5) is 0 Å². The van der Waals surface area contributed by atoms with Gasteiger partial charge in [0.15, 0.2) is 6.29 Å². The van der Waals surface area contributed by atoms with Gasteiger partial charge < -0.3 is 50.5 Å². The number of carbonyl (C=O) groups is 1. The summed E-state index contributed by atoms with van der Waals surface area (Å²) in [7, 11) is 0. The van der Waals surface area contributed by atoms with Crippen molar-refractivity contribution in [2.45, 2.75) is 377 Å². The van der Waals surface area contributed by atoms with E-state index in [-0.39, 0.29) is 6.42 Å². The zero-order valence-corrected chi connectivity index (χ0v) is 47.9. The second-order valence-corrected chi connectivity index (χ2v) is 22.9. The van der Waals surface area contributed by atoms with Crippen molar-refractivity contribution in [1.82, 2.24) is 5.32 Å². The molecule has 1 heterocycles. The first-order valence-corrected chi connectivity index (χ1v) is 31.9. The number of carbonyl (C=O) groups excluding carboxylic acids is 1. The Bertz CT molecular complexity index is 1150. The van der Waals surface area contributed by atoms with Crippen LogP contribution in [0, 0.1) is 0 Å². The summed E-state index contributed by atoms with van der Waals surface area (Å²) in [5, 5.41) is 76.1. The maximum Gasteiger partial charge on any atom is 0.249 e. The largest absolute Gasteiger partial charge is 0.394 e. The molecule has 1 amide bonds. The molecule has 1 fully saturated rings. The number of hydrogen-bond acceptors (Lipinski definition) is 10. The molecule has 11 heteroatoms. The molecule has 9 unspecified atom stereocenters. The molecular weight excluding hydrogens is 919 g/mol. The Morgan fingerprint density at radius 2 is 0.712 bits per heavy atom. The summed E-state index contributed by atoms with van der Waals surface area (Å²) in [6.07, 6.45) is 49.1. The molecule has 0 aromatic heterocycles. The number of rotatable bonds is 56. The summed E-state index contributed by atoms with van der Waals surface area (Å²) in [6, 6.07) is -1.16. The molecule has 0 spiro atoms. The smallest absolute Gasteiger partial charge is 0.249 e. The second-order valence-electron chi connectivity index (χ2n) is 22.9. The molecule has 0 aromatic carbocycles. The summed E-state index contributed by atoms with van der Waals surface area (Å²) in [5.74, 6) is -0.690. The number of aliphatic hydroxyl groups excluding tert-OH is 7. The summed E-state index contributed by atoms with van der Waals surface area (Å²) in [6.45, 7) is 3.48. The Morgan fingerprint density at radius 1 is 0.425 bits per heavy atom. The normalized spacial score (nSPS) is 19.8. The van der Waals surface area contributed by atoms with Crippen LogP contribution in [-0.2, 0) is 14.3 Å². The van der Waals surface area contributed by atoms with E-state index in [1.807, 2.05) is 0 Å². The molecule has 11 nitrogen and oxygen atoms in total. The molecule has 0 aliphatic carbocycles. The molecule has 1 aliphatic rings. The van der Waals surface area contributed by atoms with Crippen molar-refractivity contribution in [2.75, 3.05) is 13.2 Å². The Morgan fingerprint density at radius 3 is 1.01 bits per heavy atom. The predicted molar refractivity (Wildman–Crippen MR) is 303 cm³/mol. The van der Waals surface area contributed by atoms with Gasteiger partial charge in [0, 0.05) is 0 Å². The Kier molecular flexibility index (Phi) is 49.8. The van der Waals surface area contributed by atoms with E-state index in [0.29, 0.717) is 19.3 Å². The van der Waals surface area contributed by atoms with Gasteiger partial charge >= 0.3 is 0 Å². The molecule has 9 atom stereocenters. The topological polar surface area (TPSA) is 189 Å². The maximum atomic E-state index is 13.2. The fourth-order valence-electron chi connectivity index (χ4n) is 10.7. The van der Waals surface area contributed by atoms with Crippen LogP contribution in [0.25, 0.3) is 0 Å². The van der Waals surface area contributed by atoms with E-state index in [2.05, 4.69) is 19.2 Å². The Labute approximate surface area is 449 Å². The lowest BCUT2D eigenvalue weighted by molar-refractivity contribution is -0.303. The first-order chi connectivity index (χ1) is 35.7. The number of aliphatic hydroxyl groups is 7. The van der Waals surface area contributed by atoms with Crippen LogP contribution in [0.3, 0.4) is 0 Å². The van der Waals surface area contributed by atoms with Crippen molar-refractivity contribution < 1.29 is 50.0 Å².